The Morgan fingerprint density at radius 1 is 1.35 bits per heavy atom. The SMILES string of the molecule is CC1C=CC(c2ccc3[nH]ncc3c2)=CN1C. The Labute approximate surface area is 100 Å². The van der Waals surface area contributed by atoms with Crippen molar-refractivity contribution < 1.29 is 0 Å². The number of hydrogen-bond acceptors (Lipinski definition) is 2. The second kappa shape index (κ2) is 3.77. The molecule has 1 N–H and O–H groups in total. The third kappa shape index (κ3) is 1.73. The highest BCUT2D eigenvalue weighted by atomic mass is 15.1. The van der Waals surface area contributed by atoms with E-state index in [0.29, 0.717) is 6.04 Å². The topological polar surface area (TPSA) is 31.9 Å². The van der Waals surface area contributed by atoms with Crippen molar-refractivity contribution in [2.75, 3.05) is 7.05 Å². The molecule has 1 aromatic carbocycles. The summed E-state index contributed by atoms with van der Waals surface area (Å²) in [5.41, 5.74) is 3.55. The molecule has 0 fully saturated rings. The van der Waals surface area contributed by atoms with Crippen molar-refractivity contribution in [3.63, 3.8) is 0 Å². The van der Waals surface area contributed by atoms with Gasteiger partial charge in [-0.1, -0.05) is 18.2 Å². The molecule has 0 radical (unpaired) electrons. The van der Waals surface area contributed by atoms with Gasteiger partial charge < -0.3 is 4.90 Å². The molecular formula is C14H15N3. The average molecular weight is 225 g/mol. The average Bonchev–Trinajstić information content (AvgIpc) is 2.79. The lowest BCUT2D eigenvalue weighted by Gasteiger charge is -2.25. The van der Waals surface area contributed by atoms with Gasteiger partial charge in [-0.3, -0.25) is 5.10 Å². The summed E-state index contributed by atoms with van der Waals surface area (Å²) in [4.78, 5) is 2.22. The van der Waals surface area contributed by atoms with Crippen molar-refractivity contribution in [2.45, 2.75) is 13.0 Å². The number of H-pyrrole nitrogens is 1. The molecular weight excluding hydrogens is 210 g/mol. The van der Waals surface area contributed by atoms with E-state index in [1.165, 1.54) is 11.1 Å². The highest BCUT2D eigenvalue weighted by Gasteiger charge is 2.10. The number of allylic oxidation sites excluding steroid dienone is 2. The van der Waals surface area contributed by atoms with Gasteiger partial charge in [0.25, 0.3) is 0 Å². The third-order valence-electron chi connectivity index (χ3n) is 3.31. The molecule has 0 bridgehead atoms. The molecule has 0 spiro atoms. The molecule has 1 aliphatic heterocycles. The van der Waals surface area contributed by atoms with Crippen LogP contribution in [0.3, 0.4) is 0 Å². The Kier molecular flexibility index (Phi) is 2.25. The van der Waals surface area contributed by atoms with Gasteiger partial charge in [-0.2, -0.15) is 5.10 Å². The lowest BCUT2D eigenvalue weighted by Crippen LogP contribution is -2.23. The summed E-state index contributed by atoms with van der Waals surface area (Å²) < 4.78 is 0. The summed E-state index contributed by atoms with van der Waals surface area (Å²) in [5.74, 6) is 0. The second-order valence-electron chi connectivity index (χ2n) is 4.52. The molecule has 0 amide bonds. The zero-order valence-corrected chi connectivity index (χ0v) is 10.0. The predicted octanol–water partition coefficient (Wildman–Crippen LogP) is 2.79. The van der Waals surface area contributed by atoms with E-state index >= 15 is 0 Å². The summed E-state index contributed by atoms with van der Waals surface area (Å²) in [5, 5.41) is 8.16. The highest BCUT2D eigenvalue weighted by Crippen LogP contribution is 2.24. The molecule has 0 saturated carbocycles. The van der Waals surface area contributed by atoms with Gasteiger partial charge in [0.15, 0.2) is 0 Å². The molecule has 17 heavy (non-hydrogen) atoms. The van der Waals surface area contributed by atoms with Gasteiger partial charge in [0.2, 0.25) is 0 Å². The smallest absolute Gasteiger partial charge is 0.0650 e. The molecule has 0 aliphatic carbocycles. The molecule has 3 nitrogen and oxygen atoms in total. The van der Waals surface area contributed by atoms with Crippen molar-refractivity contribution in [3.8, 4) is 0 Å². The molecule has 0 saturated heterocycles. The fourth-order valence-corrected chi connectivity index (χ4v) is 2.05. The summed E-state index contributed by atoms with van der Waals surface area (Å²) >= 11 is 0. The Balaban J connectivity index is 2.04. The lowest BCUT2D eigenvalue weighted by molar-refractivity contribution is 0.405. The molecule has 1 aliphatic rings. The van der Waals surface area contributed by atoms with Crippen LogP contribution in [0.25, 0.3) is 16.5 Å². The van der Waals surface area contributed by atoms with Crippen molar-refractivity contribution in [1.29, 1.82) is 0 Å². The zero-order valence-electron chi connectivity index (χ0n) is 10.0. The van der Waals surface area contributed by atoms with Crippen LogP contribution in [0.5, 0.6) is 0 Å². The molecule has 86 valence electrons. The van der Waals surface area contributed by atoms with Crippen molar-refractivity contribution >= 4 is 16.5 Å². The van der Waals surface area contributed by atoms with Gasteiger partial charge in [-0.05, 0) is 30.2 Å². The number of likely N-dealkylation sites (N-methyl/N-ethyl adjacent to an activating group) is 1. The van der Waals surface area contributed by atoms with E-state index in [1.807, 2.05) is 6.20 Å². The second-order valence-corrected chi connectivity index (χ2v) is 4.52. The van der Waals surface area contributed by atoms with Gasteiger partial charge in [0.1, 0.15) is 0 Å². The molecule has 2 heterocycles. The van der Waals surface area contributed by atoms with E-state index in [4.69, 9.17) is 0 Å². The van der Waals surface area contributed by atoms with Gasteiger partial charge in [0.05, 0.1) is 11.7 Å². The maximum atomic E-state index is 4.04. The monoisotopic (exact) mass is 225 g/mol. The van der Waals surface area contributed by atoms with Gasteiger partial charge in [0, 0.05) is 24.7 Å². The molecule has 1 atom stereocenters. The minimum atomic E-state index is 0.469. The lowest BCUT2D eigenvalue weighted by atomic mass is 10.0. The quantitative estimate of drug-likeness (QED) is 0.809. The fraction of sp³-hybridized carbons (Fsp3) is 0.214. The number of nitrogens with one attached hydrogen (secondary N) is 1. The normalized spacial score (nSPS) is 19.8. The van der Waals surface area contributed by atoms with E-state index in [2.05, 4.69) is 65.6 Å². The van der Waals surface area contributed by atoms with Crippen LogP contribution in [0.1, 0.15) is 12.5 Å². The van der Waals surface area contributed by atoms with Crippen LogP contribution < -0.4 is 0 Å². The number of aromatic nitrogens is 2. The summed E-state index contributed by atoms with van der Waals surface area (Å²) in [7, 11) is 2.10. The van der Waals surface area contributed by atoms with Crippen molar-refractivity contribution in [1.82, 2.24) is 15.1 Å². The van der Waals surface area contributed by atoms with Gasteiger partial charge >= 0.3 is 0 Å². The van der Waals surface area contributed by atoms with Crippen LogP contribution in [0, 0.1) is 0 Å². The van der Waals surface area contributed by atoms with Crippen LogP contribution in [-0.2, 0) is 0 Å². The first-order valence-electron chi connectivity index (χ1n) is 5.79. The van der Waals surface area contributed by atoms with E-state index in [0.717, 1.165) is 10.9 Å². The molecule has 3 heteroatoms. The standard InChI is InChI=1S/C14H15N3/c1-10-3-4-12(9-17(10)2)11-5-6-14-13(7-11)8-15-16-14/h3-10H,1-2H3,(H,15,16). The molecule has 3 rings (SSSR count). The van der Waals surface area contributed by atoms with Gasteiger partial charge in [-0.25, -0.2) is 0 Å². The summed E-state index contributed by atoms with van der Waals surface area (Å²) in [6.45, 7) is 2.18. The van der Waals surface area contributed by atoms with Gasteiger partial charge in [-0.15, -0.1) is 0 Å². The molecule has 2 aromatic rings. The Morgan fingerprint density at radius 3 is 3.06 bits per heavy atom. The zero-order chi connectivity index (χ0) is 11.8. The first kappa shape index (κ1) is 10.1. The number of fused-ring (bicyclic) bond motifs is 1. The minimum Gasteiger partial charge on any atom is -0.374 e. The Hall–Kier alpha value is -2.03. The molecule has 1 unspecified atom stereocenters. The van der Waals surface area contributed by atoms with E-state index in [-0.39, 0.29) is 0 Å². The van der Waals surface area contributed by atoms with Crippen LogP contribution in [0.4, 0.5) is 0 Å². The Bertz CT molecular complexity index is 607. The first-order chi connectivity index (χ1) is 8.24. The number of benzene rings is 1. The van der Waals surface area contributed by atoms with E-state index < -0.39 is 0 Å². The van der Waals surface area contributed by atoms with Crippen LogP contribution >= 0.6 is 0 Å². The third-order valence-corrected chi connectivity index (χ3v) is 3.31. The van der Waals surface area contributed by atoms with E-state index in [9.17, 15) is 0 Å². The molecule has 1 aromatic heterocycles. The highest BCUT2D eigenvalue weighted by molar-refractivity contribution is 5.85. The summed E-state index contributed by atoms with van der Waals surface area (Å²) in [6, 6.07) is 6.83. The van der Waals surface area contributed by atoms with Crippen molar-refractivity contribution in [2.24, 2.45) is 0 Å². The number of hydrogen-bond donors (Lipinski definition) is 1. The van der Waals surface area contributed by atoms with Crippen LogP contribution in [-0.4, -0.2) is 28.2 Å². The van der Waals surface area contributed by atoms with Crippen LogP contribution in [0.15, 0.2) is 42.7 Å². The number of nitrogens with zero attached hydrogens (tertiary/aromatic N) is 2. The summed E-state index contributed by atoms with van der Waals surface area (Å²) in [6.07, 6.45) is 8.45. The van der Waals surface area contributed by atoms with Crippen molar-refractivity contribution in [3.05, 3.63) is 48.3 Å². The fourth-order valence-electron chi connectivity index (χ4n) is 2.05. The largest absolute Gasteiger partial charge is 0.374 e. The van der Waals surface area contributed by atoms with Crippen LogP contribution in [0.2, 0.25) is 0 Å². The maximum absolute atomic E-state index is 4.04. The number of aromatic amines is 1. The Morgan fingerprint density at radius 2 is 2.24 bits per heavy atom. The minimum absolute atomic E-state index is 0.469. The first-order valence-corrected chi connectivity index (χ1v) is 5.79. The maximum Gasteiger partial charge on any atom is 0.0650 e. The van der Waals surface area contributed by atoms with E-state index in [1.54, 1.807) is 0 Å². The number of rotatable bonds is 1. The predicted molar refractivity (Wildman–Crippen MR) is 70.4 cm³/mol.